The summed E-state index contributed by atoms with van der Waals surface area (Å²) in [7, 11) is 0. The molecule has 0 amide bonds. The third-order valence-corrected chi connectivity index (χ3v) is 7.61. The van der Waals surface area contributed by atoms with E-state index in [4.69, 9.17) is 14.2 Å². The van der Waals surface area contributed by atoms with Crippen LogP contribution in [0, 0.1) is 11.8 Å². The average Bonchev–Trinajstić information content (AvgIpc) is 2.91. The topological polar surface area (TPSA) is 78.9 Å². The third kappa shape index (κ3) is 14.9. The molecule has 0 heterocycles. The zero-order chi connectivity index (χ0) is 28.1. The normalized spacial score (nSPS) is 19.2. The van der Waals surface area contributed by atoms with Crippen molar-refractivity contribution in [2.24, 2.45) is 11.8 Å². The van der Waals surface area contributed by atoms with Gasteiger partial charge in [-0.25, -0.2) is 9.59 Å². The van der Waals surface area contributed by atoms with Gasteiger partial charge in [-0.15, -0.1) is 0 Å². The van der Waals surface area contributed by atoms with Gasteiger partial charge in [-0.2, -0.15) is 0 Å². The molecule has 1 rings (SSSR count). The smallest absolute Gasteiger partial charge is 0.350 e. The summed E-state index contributed by atoms with van der Waals surface area (Å²) in [5, 5.41) is 0. The van der Waals surface area contributed by atoms with E-state index in [1.54, 1.807) is 0 Å². The molecule has 1 aliphatic carbocycles. The fourth-order valence-corrected chi connectivity index (χ4v) is 5.09. The van der Waals surface area contributed by atoms with Gasteiger partial charge in [0.25, 0.3) is 0 Å². The van der Waals surface area contributed by atoms with E-state index in [1.807, 2.05) is 0 Å². The van der Waals surface area contributed by atoms with Gasteiger partial charge in [-0.1, -0.05) is 111 Å². The van der Waals surface area contributed by atoms with E-state index >= 15 is 0 Å². The Morgan fingerprint density at radius 2 is 1.29 bits per heavy atom. The summed E-state index contributed by atoms with van der Waals surface area (Å²) >= 11 is 0. The molecule has 0 radical (unpaired) electrons. The van der Waals surface area contributed by atoms with Gasteiger partial charge >= 0.3 is 17.9 Å². The number of ether oxygens (including phenoxy) is 3. The molecule has 220 valence electrons. The number of esters is 3. The molecule has 38 heavy (non-hydrogen) atoms. The van der Waals surface area contributed by atoms with Gasteiger partial charge in [0.2, 0.25) is 5.60 Å². The van der Waals surface area contributed by atoms with Crippen molar-refractivity contribution in [1.29, 1.82) is 0 Å². The summed E-state index contributed by atoms with van der Waals surface area (Å²) in [6.07, 6.45) is 20.3. The van der Waals surface area contributed by atoms with Crippen molar-refractivity contribution in [1.82, 2.24) is 0 Å². The van der Waals surface area contributed by atoms with Gasteiger partial charge in [0.15, 0.2) is 0 Å². The summed E-state index contributed by atoms with van der Waals surface area (Å²) in [4.78, 5) is 37.5. The monoisotopic (exact) mass is 536 g/mol. The highest BCUT2D eigenvalue weighted by Crippen LogP contribution is 2.37. The van der Waals surface area contributed by atoms with Gasteiger partial charge in [0.1, 0.15) is 0 Å². The maximum Gasteiger partial charge on any atom is 0.350 e. The minimum atomic E-state index is -1.34. The zero-order valence-corrected chi connectivity index (χ0v) is 24.7. The van der Waals surface area contributed by atoms with Crippen molar-refractivity contribution in [2.75, 3.05) is 13.2 Å². The Hall–Kier alpha value is -1.85. The van der Waals surface area contributed by atoms with Crippen molar-refractivity contribution in [3.63, 3.8) is 0 Å². The molecule has 1 fully saturated rings. The highest BCUT2D eigenvalue weighted by Gasteiger charge is 2.48. The van der Waals surface area contributed by atoms with Crippen molar-refractivity contribution in [3.8, 4) is 0 Å². The number of hydrogen-bond donors (Lipinski definition) is 0. The molecule has 1 saturated carbocycles. The largest absolute Gasteiger partial charge is 0.465 e. The van der Waals surface area contributed by atoms with Crippen LogP contribution in [0.4, 0.5) is 0 Å². The van der Waals surface area contributed by atoms with Crippen LogP contribution in [0.3, 0.4) is 0 Å². The molecule has 0 aromatic carbocycles. The minimum absolute atomic E-state index is 0.209. The van der Waals surface area contributed by atoms with E-state index in [-0.39, 0.29) is 24.7 Å². The third-order valence-electron chi connectivity index (χ3n) is 7.61. The average molecular weight is 537 g/mol. The Morgan fingerprint density at radius 3 is 1.82 bits per heavy atom. The molecule has 0 aromatic heterocycles. The molecule has 0 N–H and O–H groups in total. The Bertz CT molecular complexity index is 663. The molecule has 0 atom stereocenters. The summed E-state index contributed by atoms with van der Waals surface area (Å²) in [6, 6.07) is 0. The Morgan fingerprint density at radius 1 is 0.789 bits per heavy atom. The first-order chi connectivity index (χ1) is 18.3. The predicted octanol–water partition coefficient (Wildman–Crippen LogP) is 8.26. The van der Waals surface area contributed by atoms with Crippen LogP contribution in [0.1, 0.15) is 143 Å². The van der Waals surface area contributed by atoms with E-state index in [0.29, 0.717) is 32.0 Å². The highest BCUT2D eigenvalue weighted by molar-refractivity contribution is 5.88. The van der Waals surface area contributed by atoms with Crippen LogP contribution in [0.25, 0.3) is 0 Å². The quantitative estimate of drug-likeness (QED) is 0.0600. The van der Waals surface area contributed by atoms with E-state index in [2.05, 4.69) is 27.4 Å². The lowest BCUT2D eigenvalue weighted by Crippen LogP contribution is -2.48. The second-order valence-electron chi connectivity index (χ2n) is 11.5. The fourth-order valence-electron chi connectivity index (χ4n) is 5.09. The molecule has 6 nitrogen and oxygen atoms in total. The SMILES string of the molecule is C=CC(=O)OC1(C(=O)OCCCCCC(C)C)CCC(C(=O)OCCCCCCCCCCCCC)CC1. The van der Waals surface area contributed by atoms with Crippen molar-refractivity contribution >= 4 is 17.9 Å². The number of hydrogen-bond acceptors (Lipinski definition) is 6. The summed E-state index contributed by atoms with van der Waals surface area (Å²) in [6.45, 7) is 10.9. The minimum Gasteiger partial charge on any atom is -0.465 e. The molecule has 0 bridgehead atoms. The van der Waals surface area contributed by atoms with E-state index in [0.717, 1.165) is 44.6 Å². The van der Waals surface area contributed by atoms with Crippen LogP contribution in [-0.4, -0.2) is 36.7 Å². The van der Waals surface area contributed by atoms with Crippen LogP contribution in [0.15, 0.2) is 12.7 Å². The number of rotatable bonds is 22. The first-order valence-corrected chi connectivity index (χ1v) is 15.5. The standard InChI is InChI=1S/C32H56O6/c1-5-7-8-9-10-11-12-13-14-15-18-25-36-30(34)28-21-23-32(24-22-28,38-29(33)6-2)31(35)37-26-19-16-17-20-27(3)4/h6,27-28H,2,5,7-26H2,1,3-4H3. The number of carbonyl (C=O) groups is 3. The molecular formula is C32H56O6. The van der Waals surface area contributed by atoms with Gasteiger partial charge < -0.3 is 14.2 Å². The number of carbonyl (C=O) groups excluding carboxylic acids is 3. The lowest BCUT2D eigenvalue weighted by Gasteiger charge is -2.36. The van der Waals surface area contributed by atoms with Gasteiger partial charge in [-0.3, -0.25) is 4.79 Å². The molecule has 6 heteroatoms. The van der Waals surface area contributed by atoms with Crippen LogP contribution >= 0.6 is 0 Å². The lowest BCUT2D eigenvalue weighted by atomic mass is 9.78. The second-order valence-corrected chi connectivity index (χ2v) is 11.5. The maximum atomic E-state index is 12.9. The maximum absolute atomic E-state index is 12.9. The molecule has 1 aliphatic rings. The first kappa shape index (κ1) is 34.2. The summed E-state index contributed by atoms with van der Waals surface area (Å²) < 4.78 is 16.6. The van der Waals surface area contributed by atoms with Crippen molar-refractivity contribution in [3.05, 3.63) is 12.7 Å². The van der Waals surface area contributed by atoms with E-state index in [1.165, 1.54) is 57.8 Å². The van der Waals surface area contributed by atoms with E-state index in [9.17, 15) is 14.4 Å². The second kappa shape index (κ2) is 21.0. The van der Waals surface area contributed by atoms with Crippen LogP contribution in [-0.2, 0) is 28.6 Å². The van der Waals surface area contributed by atoms with E-state index < -0.39 is 17.5 Å². The zero-order valence-electron chi connectivity index (χ0n) is 24.7. The van der Waals surface area contributed by atoms with Gasteiger partial charge in [-0.05, 0) is 44.4 Å². The van der Waals surface area contributed by atoms with Crippen LogP contribution in [0.2, 0.25) is 0 Å². The van der Waals surface area contributed by atoms with Crippen LogP contribution in [0.5, 0.6) is 0 Å². The molecular weight excluding hydrogens is 480 g/mol. The Kier molecular flexibility index (Phi) is 18.9. The molecule has 0 spiro atoms. The molecule has 0 saturated heterocycles. The highest BCUT2D eigenvalue weighted by atomic mass is 16.6. The molecule has 0 aromatic rings. The fraction of sp³-hybridized carbons (Fsp3) is 0.844. The predicted molar refractivity (Wildman–Crippen MR) is 153 cm³/mol. The Balaban J connectivity index is 2.29. The Labute approximate surface area is 232 Å². The number of unbranched alkanes of at least 4 members (excludes halogenated alkanes) is 12. The van der Waals surface area contributed by atoms with Gasteiger partial charge in [0.05, 0.1) is 19.1 Å². The first-order valence-electron chi connectivity index (χ1n) is 15.5. The van der Waals surface area contributed by atoms with Crippen LogP contribution < -0.4 is 0 Å². The summed E-state index contributed by atoms with van der Waals surface area (Å²) in [5.41, 5.74) is -1.34. The summed E-state index contributed by atoms with van der Waals surface area (Å²) in [5.74, 6) is -0.970. The van der Waals surface area contributed by atoms with Crippen molar-refractivity contribution < 1.29 is 28.6 Å². The molecule has 0 aliphatic heterocycles. The lowest BCUT2D eigenvalue weighted by molar-refractivity contribution is -0.186. The van der Waals surface area contributed by atoms with Crippen molar-refractivity contribution in [2.45, 2.75) is 148 Å². The molecule has 0 unspecified atom stereocenters. The van der Waals surface area contributed by atoms with Gasteiger partial charge in [0, 0.05) is 6.08 Å².